The van der Waals surface area contributed by atoms with Crippen molar-refractivity contribution in [2.24, 2.45) is 11.3 Å². The number of hydrogen-bond acceptors (Lipinski definition) is 4. The fraction of sp³-hybridized carbons (Fsp3) is 0.552. The molecule has 1 amide bonds. The SMILES string of the molecule is CS(=O)(=O)Nc1ccc2c(c1)C1(CCC3(CC3)CC1)CN2C(=O)c1cccc([C@@H](O)C2CCCC2)c1. The second kappa shape index (κ2) is 8.59. The molecule has 3 saturated carbocycles. The molecule has 6 nitrogen and oxygen atoms in total. The molecular formula is C29H36N2O4S. The molecule has 2 aromatic rings. The van der Waals surface area contributed by atoms with Gasteiger partial charge in [-0.3, -0.25) is 9.52 Å². The molecule has 0 bridgehead atoms. The lowest BCUT2D eigenvalue weighted by molar-refractivity contribution is 0.0978. The molecule has 2 N–H and O–H groups in total. The highest BCUT2D eigenvalue weighted by atomic mass is 32.2. The van der Waals surface area contributed by atoms with E-state index in [1.807, 2.05) is 41.3 Å². The van der Waals surface area contributed by atoms with E-state index in [1.165, 1.54) is 25.7 Å². The average molecular weight is 509 g/mol. The van der Waals surface area contributed by atoms with Crippen molar-refractivity contribution >= 4 is 27.3 Å². The number of rotatable bonds is 5. The van der Waals surface area contributed by atoms with Crippen LogP contribution < -0.4 is 9.62 Å². The number of amides is 1. The minimum absolute atomic E-state index is 0.0517. The Bertz CT molecular complexity index is 1280. The van der Waals surface area contributed by atoms with Gasteiger partial charge >= 0.3 is 0 Å². The third-order valence-corrected chi connectivity index (χ3v) is 10.0. The van der Waals surface area contributed by atoms with Gasteiger partial charge < -0.3 is 10.0 Å². The molecule has 7 heteroatoms. The zero-order valence-corrected chi connectivity index (χ0v) is 21.8. The second-order valence-electron chi connectivity index (χ2n) is 11.9. The Morgan fingerprint density at radius 3 is 2.39 bits per heavy atom. The van der Waals surface area contributed by atoms with Crippen LogP contribution in [0.1, 0.15) is 91.8 Å². The summed E-state index contributed by atoms with van der Waals surface area (Å²) in [6.45, 7) is 0.620. The fourth-order valence-corrected chi connectivity index (χ4v) is 7.60. The van der Waals surface area contributed by atoms with Crippen molar-refractivity contribution in [2.45, 2.75) is 75.7 Å². The number of benzene rings is 2. The van der Waals surface area contributed by atoms with E-state index in [0.29, 0.717) is 23.2 Å². The van der Waals surface area contributed by atoms with Gasteiger partial charge in [-0.25, -0.2) is 8.42 Å². The maximum atomic E-state index is 13.9. The summed E-state index contributed by atoms with van der Waals surface area (Å²) in [6, 6.07) is 13.1. The summed E-state index contributed by atoms with van der Waals surface area (Å²) in [7, 11) is -3.39. The van der Waals surface area contributed by atoms with Gasteiger partial charge in [0.15, 0.2) is 0 Å². The molecule has 1 atom stereocenters. The topological polar surface area (TPSA) is 86.7 Å². The summed E-state index contributed by atoms with van der Waals surface area (Å²) in [4.78, 5) is 15.8. The van der Waals surface area contributed by atoms with E-state index in [9.17, 15) is 18.3 Å². The summed E-state index contributed by atoms with van der Waals surface area (Å²) in [5.41, 5.74) is 4.31. The molecule has 1 heterocycles. The van der Waals surface area contributed by atoms with Crippen molar-refractivity contribution in [3.63, 3.8) is 0 Å². The van der Waals surface area contributed by atoms with Crippen LogP contribution in [0.4, 0.5) is 11.4 Å². The highest BCUT2D eigenvalue weighted by Gasteiger charge is 2.53. The summed E-state index contributed by atoms with van der Waals surface area (Å²) >= 11 is 0. The number of carbonyl (C=O) groups is 1. The normalized spacial score (nSPS) is 23.1. The highest BCUT2D eigenvalue weighted by molar-refractivity contribution is 7.92. The Morgan fingerprint density at radius 1 is 1.03 bits per heavy atom. The standard InChI is InChI=1S/C29H36N2O4S/c1-36(34,35)30-23-9-10-25-24(18-23)29(15-13-28(11-12-28)14-16-29)19-31(25)27(33)22-8-4-7-21(17-22)26(32)20-5-2-3-6-20/h4,7-10,17-18,20,26,30,32H,2-3,5-6,11-16,19H2,1H3/t26-/m0/s1. The molecule has 192 valence electrons. The second-order valence-corrected chi connectivity index (χ2v) is 13.6. The van der Waals surface area contributed by atoms with Gasteiger partial charge in [-0.1, -0.05) is 25.0 Å². The van der Waals surface area contributed by atoms with E-state index in [4.69, 9.17) is 0 Å². The number of nitrogens with one attached hydrogen (secondary N) is 1. The van der Waals surface area contributed by atoms with Crippen LogP contribution in [0.15, 0.2) is 42.5 Å². The number of aliphatic hydroxyl groups is 1. The molecule has 4 aliphatic rings. The van der Waals surface area contributed by atoms with Crippen LogP contribution >= 0.6 is 0 Å². The smallest absolute Gasteiger partial charge is 0.258 e. The van der Waals surface area contributed by atoms with Crippen molar-refractivity contribution in [3.05, 3.63) is 59.2 Å². The van der Waals surface area contributed by atoms with Crippen molar-refractivity contribution in [1.82, 2.24) is 0 Å². The summed E-state index contributed by atoms with van der Waals surface area (Å²) in [5.74, 6) is 0.216. The first-order chi connectivity index (χ1) is 17.2. The van der Waals surface area contributed by atoms with Gasteiger partial charge in [0.05, 0.1) is 12.4 Å². The monoisotopic (exact) mass is 508 g/mol. The first-order valence-corrected chi connectivity index (χ1v) is 15.3. The van der Waals surface area contributed by atoms with Gasteiger partial charge in [0.1, 0.15) is 0 Å². The number of anilines is 2. The molecular weight excluding hydrogens is 472 g/mol. The maximum absolute atomic E-state index is 13.9. The molecule has 2 spiro atoms. The van der Waals surface area contributed by atoms with Crippen LogP contribution in [-0.2, 0) is 15.4 Å². The Balaban J connectivity index is 1.33. The Morgan fingerprint density at radius 2 is 1.72 bits per heavy atom. The molecule has 0 saturated heterocycles. The van der Waals surface area contributed by atoms with Gasteiger partial charge in [0, 0.05) is 28.9 Å². The van der Waals surface area contributed by atoms with E-state index in [0.717, 1.165) is 61.6 Å². The largest absolute Gasteiger partial charge is 0.388 e. The molecule has 2 aromatic carbocycles. The van der Waals surface area contributed by atoms with E-state index in [-0.39, 0.29) is 17.2 Å². The number of aliphatic hydroxyl groups excluding tert-OH is 1. The number of sulfonamides is 1. The lowest BCUT2D eigenvalue weighted by Crippen LogP contribution is -2.40. The zero-order valence-electron chi connectivity index (χ0n) is 21.0. The molecule has 1 aliphatic heterocycles. The van der Waals surface area contributed by atoms with Crippen molar-refractivity contribution in [3.8, 4) is 0 Å². The first-order valence-electron chi connectivity index (χ1n) is 13.4. The molecule has 3 fully saturated rings. The molecule has 0 unspecified atom stereocenters. The Hall–Kier alpha value is -2.38. The van der Waals surface area contributed by atoms with Crippen LogP contribution in [0.3, 0.4) is 0 Å². The van der Waals surface area contributed by atoms with E-state index >= 15 is 0 Å². The minimum atomic E-state index is -3.39. The number of hydrogen-bond donors (Lipinski definition) is 2. The third kappa shape index (κ3) is 4.34. The van der Waals surface area contributed by atoms with Gasteiger partial charge in [0.25, 0.3) is 5.91 Å². The summed E-state index contributed by atoms with van der Waals surface area (Å²) in [5, 5.41) is 10.9. The van der Waals surface area contributed by atoms with Crippen LogP contribution in [0, 0.1) is 11.3 Å². The number of carbonyl (C=O) groups excluding carboxylic acids is 1. The Kier molecular flexibility index (Phi) is 5.72. The zero-order chi connectivity index (χ0) is 25.1. The van der Waals surface area contributed by atoms with E-state index in [1.54, 1.807) is 6.07 Å². The fourth-order valence-electron chi connectivity index (χ4n) is 7.05. The number of nitrogens with zero attached hydrogens (tertiary/aromatic N) is 1. The summed E-state index contributed by atoms with van der Waals surface area (Å²) in [6.07, 6.45) is 12.0. The predicted molar refractivity (Wildman–Crippen MR) is 142 cm³/mol. The van der Waals surface area contributed by atoms with Crippen LogP contribution in [0.25, 0.3) is 0 Å². The van der Waals surface area contributed by atoms with Crippen LogP contribution in [-0.4, -0.2) is 32.2 Å². The van der Waals surface area contributed by atoms with E-state index < -0.39 is 16.1 Å². The average Bonchev–Trinajstić information content (AvgIpc) is 3.27. The quantitative estimate of drug-likeness (QED) is 0.556. The highest BCUT2D eigenvalue weighted by Crippen LogP contribution is 2.62. The molecule has 3 aliphatic carbocycles. The predicted octanol–water partition coefficient (Wildman–Crippen LogP) is 5.53. The number of fused-ring (bicyclic) bond motifs is 2. The molecule has 0 radical (unpaired) electrons. The Labute approximate surface area is 214 Å². The molecule has 6 rings (SSSR count). The minimum Gasteiger partial charge on any atom is -0.388 e. The summed E-state index contributed by atoms with van der Waals surface area (Å²) < 4.78 is 26.4. The van der Waals surface area contributed by atoms with Gasteiger partial charge in [-0.05, 0) is 104 Å². The van der Waals surface area contributed by atoms with Crippen molar-refractivity contribution in [2.75, 3.05) is 22.4 Å². The van der Waals surface area contributed by atoms with Gasteiger partial charge in [-0.15, -0.1) is 0 Å². The molecule has 0 aromatic heterocycles. The first kappa shape index (κ1) is 24.0. The van der Waals surface area contributed by atoms with Crippen LogP contribution in [0.2, 0.25) is 0 Å². The maximum Gasteiger partial charge on any atom is 0.258 e. The van der Waals surface area contributed by atoms with Crippen molar-refractivity contribution in [1.29, 1.82) is 0 Å². The third-order valence-electron chi connectivity index (χ3n) is 9.41. The lowest BCUT2D eigenvalue weighted by Gasteiger charge is -2.38. The lowest BCUT2D eigenvalue weighted by atomic mass is 9.66. The van der Waals surface area contributed by atoms with E-state index in [2.05, 4.69) is 4.72 Å². The van der Waals surface area contributed by atoms with Crippen molar-refractivity contribution < 1.29 is 18.3 Å². The van der Waals surface area contributed by atoms with Crippen LogP contribution in [0.5, 0.6) is 0 Å². The van der Waals surface area contributed by atoms with Gasteiger partial charge in [0.2, 0.25) is 10.0 Å². The molecule has 36 heavy (non-hydrogen) atoms. The van der Waals surface area contributed by atoms with Gasteiger partial charge in [-0.2, -0.15) is 0 Å².